The molecule has 0 aliphatic carbocycles. The monoisotopic (exact) mass is 559 g/mol. The van der Waals surface area contributed by atoms with E-state index in [0.717, 1.165) is 42.4 Å². The van der Waals surface area contributed by atoms with Crippen LogP contribution in [0.25, 0.3) is 22.2 Å². The fourth-order valence-corrected chi connectivity index (χ4v) is 6.38. The van der Waals surface area contributed by atoms with Crippen molar-refractivity contribution in [3.05, 3.63) is 94.4 Å². The maximum atomic E-state index is 14.5. The Morgan fingerprint density at radius 2 is 1.39 bits per heavy atom. The van der Waals surface area contributed by atoms with Crippen molar-refractivity contribution in [1.29, 1.82) is 0 Å². The largest absolute Gasteiger partial charge is 0.342 e. The number of likely N-dealkylation sites (tertiary alicyclic amines) is 1. The fraction of sp³-hybridized carbons (Fsp3) is 0.412. The number of carbonyl (C=O) groups excluding carboxylic acids is 1. The molecule has 1 atom stereocenters. The Kier molecular flexibility index (Phi) is 8.71. The number of imidazole rings is 1. The lowest BCUT2D eigenvalue weighted by molar-refractivity contribution is -0.137. The van der Waals surface area contributed by atoms with Gasteiger partial charge < -0.3 is 4.90 Å². The number of carbonyl (C=O) groups is 1. The molecule has 41 heavy (non-hydrogen) atoms. The molecule has 7 heteroatoms. The Balaban J connectivity index is 1.42. The third-order valence-corrected chi connectivity index (χ3v) is 8.59. The zero-order valence-electron chi connectivity index (χ0n) is 24.2. The normalized spacial score (nSPS) is 15.1. The summed E-state index contributed by atoms with van der Waals surface area (Å²) >= 11 is 0. The van der Waals surface area contributed by atoms with E-state index in [4.69, 9.17) is 0 Å². The zero-order chi connectivity index (χ0) is 29.1. The minimum absolute atomic E-state index is 0.0652. The van der Waals surface area contributed by atoms with Crippen molar-refractivity contribution in [3.63, 3.8) is 0 Å². The minimum Gasteiger partial charge on any atom is -0.342 e. The molecule has 2 heterocycles. The Morgan fingerprint density at radius 3 is 1.98 bits per heavy atom. The number of piperidine rings is 1. The summed E-state index contributed by atoms with van der Waals surface area (Å²) in [6.45, 7) is 7.43. The SMILES string of the molecule is CCCC(CCC)C(=O)N1CCC(n2c(=O)n(C(C)c3ccc(-c4ccc(F)cc4)cc3)c3cc(F)ccc32)CC1. The van der Waals surface area contributed by atoms with Crippen LogP contribution in [0.3, 0.4) is 0 Å². The molecule has 216 valence electrons. The summed E-state index contributed by atoms with van der Waals surface area (Å²) in [5.41, 5.74) is 3.88. The number of aromatic nitrogens is 2. The second kappa shape index (κ2) is 12.4. The maximum Gasteiger partial charge on any atom is 0.329 e. The average molecular weight is 560 g/mol. The standard InChI is InChI=1S/C34H39F2N3O2/c1-4-6-27(7-5-2)33(40)37-20-18-30(19-21-37)39-31-17-16-29(36)22-32(31)38(34(39)41)23(3)24-8-10-25(11-9-24)26-12-14-28(35)15-13-26/h8-17,22-23,27,30H,4-7,18-21H2,1-3H3. The molecule has 1 aliphatic rings. The van der Waals surface area contributed by atoms with Gasteiger partial charge in [-0.3, -0.25) is 13.9 Å². The predicted octanol–water partition coefficient (Wildman–Crippen LogP) is 7.74. The van der Waals surface area contributed by atoms with Crippen LogP contribution < -0.4 is 5.69 Å². The van der Waals surface area contributed by atoms with Crippen molar-refractivity contribution >= 4 is 16.9 Å². The number of nitrogens with zero attached hydrogens (tertiary/aromatic N) is 3. The first-order valence-corrected chi connectivity index (χ1v) is 14.9. The minimum atomic E-state index is -0.388. The van der Waals surface area contributed by atoms with Crippen LogP contribution in [-0.4, -0.2) is 33.0 Å². The van der Waals surface area contributed by atoms with Gasteiger partial charge in [-0.2, -0.15) is 0 Å². The molecule has 1 aliphatic heterocycles. The molecule has 1 fully saturated rings. The van der Waals surface area contributed by atoms with E-state index in [9.17, 15) is 18.4 Å². The van der Waals surface area contributed by atoms with Gasteiger partial charge in [0.1, 0.15) is 11.6 Å². The van der Waals surface area contributed by atoms with Crippen molar-refractivity contribution in [2.45, 2.75) is 71.4 Å². The highest BCUT2D eigenvalue weighted by molar-refractivity contribution is 5.79. The summed E-state index contributed by atoms with van der Waals surface area (Å²) in [6, 6.07) is 18.3. The van der Waals surface area contributed by atoms with Gasteiger partial charge in [0, 0.05) is 25.0 Å². The van der Waals surface area contributed by atoms with Crippen LogP contribution in [0.15, 0.2) is 71.5 Å². The first-order valence-electron chi connectivity index (χ1n) is 14.9. The first kappa shape index (κ1) is 28.8. The lowest BCUT2D eigenvalue weighted by Crippen LogP contribution is -2.43. The van der Waals surface area contributed by atoms with Crippen molar-refractivity contribution in [1.82, 2.24) is 14.0 Å². The average Bonchev–Trinajstić information content (AvgIpc) is 3.27. The molecule has 0 saturated carbocycles. The molecule has 0 N–H and O–H groups in total. The lowest BCUT2D eigenvalue weighted by Gasteiger charge is -2.34. The van der Waals surface area contributed by atoms with E-state index in [0.29, 0.717) is 37.0 Å². The van der Waals surface area contributed by atoms with Crippen LogP contribution in [0.1, 0.15) is 76.9 Å². The van der Waals surface area contributed by atoms with E-state index in [1.165, 1.54) is 24.3 Å². The highest BCUT2D eigenvalue weighted by Gasteiger charge is 2.31. The zero-order valence-corrected chi connectivity index (χ0v) is 24.2. The second-order valence-corrected chi connectivity index (χ2v) is 11.3. The summed E-state index contributed by atoms with van der Waals surface area (Å²) in [4.78, 5) is 29.2. The van der Waals surface area contributed by atoms with Crippen molar-refractivity contribution in [3.8, 4) is 11.1 Å². The molecule has 1 saturated heterocycles. The van der Waals surface area contributed by atoms with Crippen molar-refractivity contribution < 1.29 is 13.6 Å². The van der Waals surface area contributed by atoms with Crippen LogP contribution in [0.5, 0.6) is 0 Å². The maximum absolute atomic E-state index is 14.5. The van der Waals surface area contributed by atoms with Gasteiger partial charge in [0.2, 0.25) is 5.91 Å². The van der Waals surface area contributed by atoms with E-state index in [2.05, 4.69) is 13.8 Å². The lowest BCUT2D eigenvalue weighted by atomic mass is 9.95. The summed E-state index contributed by atoms with van der Waals surface area (Å²) < 4.78 is 31.3. The first-order chi connectivity index (χ1) is 19.8. The van der Waals surface area contributed by atoms with E-state index in [1.54, 1.807) is 22.8 Å². The van der Waals surface area contributed by atoms with E-state index >= 15 is 0 Å². The van der Waals surface area contributed by atoms with E-state index in [-0.39, 0.29) is 41.2 Å². The van der Waals surface area contributed by atoms with Gasteiger partial charge in [0.05, 0.1) is 17.1 Å². The summed E-state index contributed by atoms with van der Waals surface area (Å²) in [5, 5.41) is 0. The molecule has 1 amide bonds. The van der Waals surface area contributed by atoms with Crippen LogP contribution >= 0.6 is 0 Å². The molecule has 5 nitrogen and oxygen atoms in total. The molecule has 1 unspecified atom stereocenters. The Morgan fingerprint density at radius 1 is 0.829 bits per heavy atom. The van der Waals surface area contributed by atoms with Crippen molar-refractivity contribution in [2.24, 2.45) is 5.92 Å². The third-order valence-electron chi connectivity index (χ3n) is 8.59. The third kappa shape index (κ3) is 5.85. The van der Waals surface area contributed by atoms with E-state index in [1.807, 2.05) is 40.7 Å². The molecular formula is C34H39F2N3O2. The molecule has 0 bridgehead atoms. The van der Waals surface area contributed by atoms with Crippen LogP contribution in [0.4, 0.5) is 8.78 Å². The number of fused-ring (bicyclic) bond motifs is 1. The molecule has 0 radical (unpaired) electrons. The number of benzene rings is 3. The van der Waals surface area contributed by atoms with Crippen LogP contribution in [0.2, 0.25) is 0 Å². The topological polar surface area (TPSA) is 47.2 Å². The number of rotatable bonds is 9. The number of hydrogen-bond donors (Lipinski definition) is 0. The van der Waals surface area contributed by atoms with E-state index < -0.39 is 0 Å². The Bertz CT molecular complexity index is 1540. The van der Waals surface area contributed by atoms with Crippen LogP contribution in [-0.2, 0) is 4.79 Å². The number of halogens is 2. The highest BCUT2D eigenvalue weighted by atomic mass is 19.1. The number of amides is 1. The Labute approximate surface area is 240 Å². The quantitative estimate of drug-likeness (QED) is 0.211. The van der Waals surface area contributed by atoms with Gasteiger partial charge in [0.15, 0.2) is 0 Å². The smallest absolute Gasteiger partial charge is 0.329 e. The summed E-state index contributed by atoms with van der Waals surface area (Å²) in [5.74, 6) is -0.358. The fourth-order valence-electron chi connectivity index (χ4n) is 6.38. The van der Waals surface area contributed by atoms with Gasteiger partial charge in [-0.15, -0.1) is 0 Å². The second-order valence-electron chi connectivity index (χ2n) is 11.3. The molecule has 3 aromatic carbocycles. The molecule has 1 aromatic heterocycles. The van der Waals surface area contributed by atoms with Gasteiger partial charge in [0.25, 0.3) is 0 Å². The highest BCUT2D eigenvalue weighted by Crippen LogP contribution is 2.31. The predicted molar refractivity (Wildman–Crippen MR) is 160 cm³/mol. The molecular weight excluding hydrogens is 520 g/mol. The van der Waals surface area contributed by atoms with Gasteiger partial charge in [-0.25, -0.2) is 13.6 Å². The van der Waals surface area contributed by atoms with Crippen molar-refractivity contribution in [2.75, 3.05) is 13.1 Å². The van der Waals surface area contributed by atoms with Gasteiger partial charge in [-0.1, -0.05) is 63.1 Å². The van der Waals surface area contributed by atoms with Gasteiger partial charge >= 0.3 is 5.69 Å². The number of hydrogen-bond acceptors (Lipinski definition) is 2. The molecule has 5 rings (SSSR count). The Hall–Kier alpha value is -3.74. The van der Waals surface area contributed by atoms with Crippen LogP contribution in [0, 0.1) is 17.6 Å². The summed E-state index contributed by atoms with van der Waals surface area (Å²) in [7, 11) is 0. The molecule has 4 aromatic rings. The van der Waals surface area contributed by atoms with Gasteiger partial charge in [-0.05, 0) is 79.6 Å². The molecule has 0 spiro atoms. The summed E-state index contributed by atoms with van der Waals surface area (Å²) in [6.07, 6.45) is 5.18.